The molecule has 28 heavy (non-hydrogen) atoms. The fraction of sp³-hybridized carbons (Fsp3) is 0.211. The van der Waals surface area contributed by atoms with Gasteiger partial charge in [0.05, 0.1) is 40.0 Å². The standard InChI is InChI=1S/C19H18N2O5S2/c1-3-28(24,25)14-7-4-12(5-8-14)10-17(22)21-19-20-15-9-6-13(18(23)26-2)11-16(15)27-19/h4-9,11H,3,10H2,1-2H3,(H,20,21,22). The molecular formula is C19H18N2O5S2. The topological polar surface area (TPSA) is 102 Å². The van der Waals surface area contributed by atoms with Gasteiger partial charge in [-0.1, -0.05) is 30.4 Å². The minimum absolute atomic E-state index is 0.0299. The lowest BCUT2D eigenvalue weighted by atomic mass is 10.1. The monoisotopic (exact) mass is 418 g/mol. The molecule has 0 unspecified atom stereocenters. The molecule has 1 aromatic heterocycles. The van der Waals surface area contributed by atoms with Crippen LogP contribution in [0.5, 0.6) is 0 Å². The molecule has 146 valence electrons. The van der Waals surface area contributed by atoms with E-state index in [1.165, 1.54) is 30.6 Å². The van der Waals surface area contributed by atoms with E-state index in [4.69, 9.17) is 4.74 Å². The first-order valence-electron chi connectivity index (χ1n) is 8.43. The fourth-order valence-electron chi connectivity index (χ4n) is 2.55. The number of nitrogens with one attached hydrogen (secondary N) is 1. The summed E-state index contributed by atoms with van der Waals surface area (Å²) >= 11 is 1.26. The number of thiazole rings is 1. The van der Waals surface area contributed by atoms with E-state index < -0.39 is 15.8 Å². The van der Waals surface area contributed by atoms with Gasteiger partial charge in [0.2, 0.25) is 5.91 Å². The molecule has 0 saturated carbocycles. The number of benzene rings is 2. The summed E-state index contributed by atoms with van der Waals surface area (Å²) in [5.74, 6) is -0.671. The van der Waals surface area contributed by atoms with Crippen LogP contribution in [0.1, 0.15) is 22.8 Å². The van der Waals surface area contributed by atoms with Crippen molar-refractivity contribution in [2.75, 3.05) is 18.2 Å². The van der Waals surface area contributed by atoms with Crippen molar-refractivity contribution in [3.63, 3.8) is 0 Å². The zero-order valence-corrected chi connectivity index (χ0v) is 16.9. The molecule has 0 radical (unpaired) electrons. The molecule has 9 heteroatoms. The smallest absolute Gasteiger partial charge is 0.337 e. The highest BCUT2D eigenvalue weighted by Crippen LogP contribution is 2.27. The van der Waals surface area contributed by atoms with E-state index in [0.717, 1.165) is 4.70 Å². The van der Waals surface area contributed by atoms with E-state index in [-0.39, 0.29) is 23.0 Å². The van der Waals surface area contributed by atoms with Gasteiger partial charge in [-0.2, -0.15) is 0 Å². The molecule has 0 spiro atoms. The number of esters is 1. The van der Waals surface area contributed by atoms with Gasteiger partial charge in [-0.15, -0.1) is 0 Å². The summed E-state index contributed by atoms with van der Waals surface area (Å²) in [6.45, 7) is 1.59. The molecule has 0 aliphatic heterocycles. The van der Waals surface area contributed by atoms with Crippen LogP contribution >= 0.6 is 11.3 Å². The minimum atomic E-state index is -3.26. The van der Waals surface area contributed by atoms with Gasteiger partial charge >= 0.3 is 5.97 Å². The summed E-state index contributed by atoms with van der Waals surface area (Å²) in [4.78, 5) is 28.5. The lowest BCUT2D eigenvalue weighted by Crippen LogP contribution is -2.14. The van der Waals surface area contributed by atoms with Crippen LogP contribution in [0.2, 0.25) is 0 Å². The van der Waals surface area contributed by atoms with Crippen molar-refractivity contribution in [1.82, 2.24) is 4.98 Å². The summed E-state index contributed by atoms with van der Waals surface area (Å²) < 4.78 is 29.1. The van der Waals surface area contributed by atoms with E-state index in [1.54, 1.807) is 37.3 Å². The first-order chi connectivity index (χ1) is 13.3. The molecule has 1 amide bonds. The lowest BCUT2D eigenvalue weighted by Gasteiger charge is -2.04. The van der Waals surface area contributed by atoms with E-state index >= 15 is 0 Å². The summed E-state index contributed by atoms with van der Waals surface area (Å²) in [6.07, 6.45) is 0.0930. The zero-order chi connectivity index (χ0) is 20.3. The molecule has 1 N–H and O–H groups in total. The van der Waals surface area contributed by atoms with Crippen molar-refractivity contribution in [2.24, 2.45) is 0 Å². The molecule has 0 aliphatic carbocycles. The first-order valence-corrected chi connectivity index (χ1v) is 10.9. The van der Waals surface area contributed by atoms with Gasteiger partial charge in [-0.3, -0.25) is 4.79 Å². The first kappa shape index (κ1) is 20.0. The summed E-state index contributed by atoms with van der Waals surface area (Å²) in [5.41, 5.74) is 1.78. The lowest BCUT2D eigenvalue weighted by molar-refractivity contribution is -0.115. The number of fused-ring (bicyclic) bond motifs is 1. The Morgan fingerprint density at radius 3 is 2.50 bits per heavy atom. The minimum Gasteiger partial charge on any atom is -0.465 e. The average Bonchev–Trinajstić information content (AvgIpc) is 3.08. The van der Waals surface area contributed by atoms with Gasteiger partial charge in [0, 0.05) is 0 Å². The predicted molar refractivity (Wildman–Crippen MR) is 107 cm³/mol. The van der Waals surface area contributed by atoms with Crippen LogP contribution in [0.25, 0.3) is 10.2 Å². The number of methoxy groups -OCH3 is 1. The van der Waals surface area contributed by atoms with Gasteiger partial charge in [0.15, 0.2) is 15.0 Å². The molecule has 0 bridgehead atoms. The highest BCUT2D eigenvalue weighted by Gasteiger charge is 2.13. The maximum Gasteiger partial charge on any atom is 0.337 e. The number of amides is 1. The molecule has 0 saturated heterocycles. The van der Waals surface area contributed by atoms with Crippen LogP contribution in [0.4, 0.5) is 5.13 Å². The Morgan fingerprint density at radius 1 is 1.14 bits per heavy atom. The SMILES string of the molecule is CCS(=O)(=O)c1ccc(CC(=O)Nc2nc3ccc(C(=O)OC)cc3s2)cc1. The van der Waals surface area contributed by atoms with Crippen LogP contribution in [0.15, 0.2) is 47.4 Å². The van der Waals surface area contributed by atoms with Gasteiger partial charge in [-0.25, -0.2) is 18.2 Å². The normalized spacial score (nSPS) is 11.4. The number of hydrogen-bond donors (Lipinski definition) is 1. The number of aromatic nitrogens is 1. The zero-order valence-electron chi connectivity index (χ0n) is 15.3. The predicted octanol–water partition coefficient (Wildman–Crippen LogP) is 3.06. The average molecular weight is 418 g/mol. The summed E-state index contributed by atoms with van der Waals surface area (Å²) in [6, 6.07) is 11.3. The van der Waals surface area contributed by atoms with Crippen LogP contribution < -0.4 is 5.32 Å². The second-order valence-corrected chi connectivity index (χ2v) is 9.27. The van der Waals surface area contributed by atoms with E-state index in [9.17, 15) is 18.0 Å². The molecule has 0 aliphatic rings. The van der Waals surface area contributed by atoms with Crippen molar-refractivity contribution in [2.45, 2.75) is 18.2 Å². The van der Waals surface area contributed by atoms with Crippen LogP contribution in [0, 0.1) is 0 Å². The van der Waals surface area contributed by atoms with E-state index in [0.29, 0.717) is 21.8 Å². The molecule has 7 nitrogen and oxygen atoms in total. The van der Waals surface area contributed by atoms with Crippen molar-refractivity contribution < 1.29 is 22.7 Å². The number of carbonyl (C=O) groups excluding carboxylic acids is 2. The molecule has 0 fully saturated rings. The molecule has 0 atom stereocenters. The van der Waals surface area contributed by atoms with Crippen LogP contribution in [-0.4, -0.2) is 38.1 Å². The summed E-state index contributed by atoms with van der Waals surface area (Å²) in [5, 5.41) is 3.16. The quantitative estimate of drug-likeness (QED) is 0.617. The Labute approximate surface area is 166 Å². The van der Waals surface area contributed by atoms with Crippen molar-refractivity contribution in [1.29, 1.82) is 0 Å². The Balaban J connectivity index is 1.70. The Hall–Kier alpha value is -2.78. The van der Waals surface area contributed by atoms with Crippen molar-refractivity contribution >= 4 is 48.4 Å². The third kappa shape index (κ3) is 4.37. The second-order valence-electron chi connectivity index (χ2n) is 5.97. The third-order valence-corrected chi connectivity index (χ3v) is 6.77. The maximum atomic E-state index is 12.3. The molecule has 3 rings (SSSR count). The Bertz CT molecular complexity index is 1130. The number of rotatable bonds is 6. The highest BCUT2D eigenvalue weighted by molar-refractivity contribution is 7.91. The van der Waals surface area contributed by atoms with Crippen LogP contribution in [-0.2, 0) is 25.8 Å². The number of ether oxygens (including phenoxy) is 1. The number of nitrogens with zero attached hydrogens (tertiary/aromatic N) is 1. The molecule has 2 aromatic carbocycles. The van der Waals surface area contributed by atoms with Gasteiger partial charge < -0.3 is 10.1 Å². The van der Waals surface area contributed by atoms with Crippen LogP contribution in [0.3, 0.4) is 0 Å². The largest absolute Gasteiger partial charge is 0.465 e. The van der Waals surface area contributed by atoms with Crippen molar-refractivity contribution in [3.05, 3.63) is 53.6 Å². The molecular weight excluding hydrogens is 400 g/mol. The second kappa shape index (κ2) is 8.07. The van der Waals surface area contributed by atoms with Crippen molar-refractivity contribution in [3.8, 4) is 0 Å². The summed E-state index contributed by atoms with van der Waals surface area (Å²) in [7, 11) is -1.95. The number of anilines is 1. The fourth-order valence-corrected chi connectivity index (χ4v) is 4.36. The maximum absolute atomic E-state index is 12.3. The van der Waals surface area contributed by atoms with Gasteiger partial charge in [-0.05, 0) is 35.9 Å². The number of hydrogen-bond acceptors (Lipinski definition) is 7. The van der Waals surface area contributed by atoms with Gasteiger partial charge in [0.1, 0.15) is 0 Å². The Kier molecular flexibility index (Phi) is 5.76. The highest BCUT2D eigenvalue weighted by atomic mass is 32.2. The third-order valence-electron chi connectivity index (χ3n) is 4.08. The molecule has 1 heterocycles. The van der Waals surface area contributed by atoms with E-state index in [1.807, 2.05) is 0 Å². The molecule has 3 aromatic rings. The van der Waals surface area contributed by atoms with Gasteiger partial charge in [0.25, 0.3) is 0 Å². The number of sulfone groups is 1. The number of carbonyl (C=O) groups is 2. The van der Waals surface area contributed by atoms with E-state index in [2.05, 4.69) is 10.3 Å². The Morgan fingerprint density at radius 2 is 1.86 bits per heavy atom.